The first-order chi connectivity index (χ1) is 11.0. The van der Waals surface area contributed by atoms with Crippen molar-refractivity contribution in [1.82, 2.24) is 4.90 Å². The summed E-state index contributed by atoms with van der Waals surface area (Å²) in [5.41, 5.74) is 1.74. The molecule has 0 spiro atoms. The van der Waals surface area contributed by atoms with E-state index in [2.05, 4.69) is 0 Å². The van der Waals surface area contributed by atoms with Crippen LogP contribution in [0.5, 0.6) is 5.75 Å². The summed E-state index contributed by atoms with van der Waals surface area (Å²) in [6, 6.07) is 9.74. The van der Waals surface area contributed by atoms with E-state index in [9.17, 15) is 9.50 Å². The Morgan fingerprint density at radius 3 is 2.52 bits per heavy atom. The highest BCUT2D eigenvalue weighted by molar-refractivity contribution is 6.42. The molecule has 0 aromatic heterocycles. The highest BCUT2D eigenvalue weighted by Crippen LogP contribution is 2.29. The summed E-state index contributed by atoms with van der Waals surface area (Å²) in [7, 11) is 3.30. The minimum atomic E-state index is -0.401. The van der Waals surface area contributed by atoms with Crippen LogP contribution in [-0.4, -0.2) is 30.8 Å². The van der Waals surface area contributed by atoms with E-state index in [1.54, 1.807) is 24.3 Å². The maximum absolute atomic E-state index is 13.5. The Kier molecular flexibility index (Phi) is 6.25. The number of ether oxygens (including phenoxy) is 1. The number of aliphatic hydroxyl groups excluding tert-OH is 1. The summed E-state index contributed by atoms with van der Waals surface area (Å²) >= 11 is 12.0. The fourth-order valence-electron chi connectivity index (χ4n) is 2.42. The molecule has 2 rings (SSSR count). The topological polar surface area (TPSA) is 32.7 Å². The van der Waals surface area contributed by atoms with Gasteiger partial charge in [0.05, 0.1) is 29.8 Å². The van der Waals surface area contributed by atoms with Gasteiger partial charge in [0.25, 0.3) is 0 Å². The number of hydrogen-bond donors (Lipinski definition) is 1. The van der Waals surface area contributed by atoms with Crippen molar-refractivity contribution < 1.29 is 14.2 Å². The van der Waals surface area contributed by atoms with Crippen molar-refractivity contribution in [2.45, 2.75) is 12.6 Å². The summed E-state index contributed by atoms with van der Waals surface area (Å²) in [4.78, 5) is 1.95. The van der Waals surface area contributed by atoms with Crippen LogP contribution in [0.15, 0.2) is 36.4 Å². The summed E-state index contributed by atoms with van der Waals surface area (Å²) in [5.74, 6) is -0.201. The average Bonchev–Trinajstić information content (AvgIpc) is 2.53. The second-order valence-electron chi connectivity index (χ2n) is 5.26. The summed E-state index contributed by atoms with van der Waals surface area (Å²) in [6.07, 6.45) is 0. The van der Waals surface area contributed by atoms with Gasteiger partial charge in [-0.3, -0.25) is 4.90 Å². The van der Waals surface area contributed by atoms with Gasteiger partial charge in [-0.1, -0.05) is 35.3 Å². The molecule has 0 aliphatic carbocycles. The first-order valence-corrected chi connectivity index (χ1v) is 7.80. The number of benzene rings is 2. The minimum absolute atomic E-state index is 0.0766. The predicted molar refractivity (Wildman–Crippen MR) is 90.7 cm³/mol. The molecule has 6 heteroatoms. The van der Waals surface area contributed by atoms with Gasteiger partial charge in [0.1, 0.15) is 0 Å². The molecule has 0 fully saturated rings. The fourth-order valence-corrected chi connectivity index (χ4v) is 2.73. The van der Waals surface area contributed by atoms with Crippen LogP contribution in [0.2, 0.25) is 10.0 Å². The lowest BCUT2D eigenvalue weighted by atomic mass is 10.1. The van der Waals surface area contributed by atoms with E-state index >= 15 is 0 Å². The second-order valence-corrected chi connectivity index (χ2v) is 6.07. The molecule has 0 saturated carbocycles. The van der Waals surface area contributed by atoms with Crippen LogP contribution in [0.3, 0.4) is 0 Å². The Labute approximate surface area is 145 Å². The highest BCUT2D eigenvalue weighted by atomic mass is 35.5. The Hall–Kier alpha value is -1.33. The molecule has 1 N–H and O–H groups in total. The van der Waals surface area contributed by atoms with Crippen LogP contribution in [0.1, 0.15) is 17.2 Å². The molecule has 124 valence electrons. The lowest BCUT2D eigenvalue weighted by Gasteiger charge is -2.27. The predicted octanol–water partition coefficient (Wildman–Crippen LogP) is 4.31. The number of nitrogens with zero attached hydrogens (tertiary/aromatic N) is 1. The minimum Gasteiger partial charge on any atom is -0.494 e. The zero-order chi connectivity index (χ0) is 17.0. The van der Waals surface area contributed by atoms with E-state index in [0.29, 0.717) is 16.6 Å². The zero-order valence-corrected chi connectivity index (χ0v) is 14.4. The number of likely N-dealkylation sites (N-methyl/N-ethyl adjacent to an activating group) is 1. The summed E-state index contributed by atoms with van der Waals surface area (Å²) in [6.45, 7) is 0.439. The summed E-state index contributed by atoms with van der Waals surface area (Å²) < 4.78 is 18.5. The molecule has 1 unspecified atom stereocenters. The van der Waals surface area contributed by atoms with E-state index in [4.69, 9.17) is 27.9 Å². The number of rotatable bonds is 6. The van der Waals surface area contributed by atoms with Gasteiger partial charge in [-0.05, 0) is 42.4 Å². The first-order valence-electron chi connectivity index (χ1n) is 7.04. The van der Waals surface area contributed by atoms with Crippen LogP contribution in [0.25, 0.3) is 0 Å². The third-order valence-corrected chi connectivity index (χ3v) is 4.42. The third kappa shape index (κ3) is 4.36. The smallest absolute Gasteiger partial charge is 0.165 e. The molecule has 1 atom stereocenters. The van der Waals surface area contributed by atoms with E-state index in [0.717, 1.165) is 11.1 Å². The van der Waals surface area contributed by atoms with Gasteiger partial charge < -0.3 is 9.84 Å². The molecule has 0 saturated heterocycles. The lowest BCUT2D eigenvalue weighted by molar-refractivity contribution is 0.142. The molecule has 0 aliphatic heterocycles. The van der Waals surface area contributed by atoms with Crippen molar-refractivity contribution in [3.8, 4) is 5.75 Å². The van der Waals surface area contributed by atoms with Crippen LogP contribution < -0.4 is 4.74 Å². The van der Waals surface area contributed by atoms with Crippen molar-refractivity contribution in [2.75, 3.05) is 20.8 Å². The largest absolute Gasteiger partial charge is 0.494 e. The first kappa shape index (κ1) is 18.0. The highest BCUT2D eigenvalue weighted by Gasteiger charge is 2.18. The number of aliphatic hydroxyl groups is 1. The van der Waals surface area contributed by atoms with Crippen molar-refractivity contribution >= 4 is 23.2 Å². The number of methoxy groups -OCH3 is 1. The number of halogens is 3. The standard InChI is InChI=1S/C17H18Cl2FNO2/c1-21(9-11-3-6-15(20)17(7-11)23-2)16(10-22)12-4-5-13(18)14(19)8-12/h3-8,16,22H,9-10H2,1-2H3. The van der Waals surface area contributed by atoms with Gasteiger partial charge in [-0.15, -0.1) is 0 Å². The van der Waals surface area contributed by atoms with Crippen LogP contribution in [0, 0.1) is 5.82 Å². The molecule has 23 heavy (non-hydrogen) atoms. The number of hydrogen-bond acceptors (Lipinski definition) is 3. The van der Waals surface area contributed by atoms with Crippen molar-refractivity contribution in [1.29, 1.82) is 0 Å². The molecule has 0 amide bonds. The van der Waals surface area contributed by atoms with Crippen molar-refractivity contribution in [2.24, 2.45) is 0 Å². The van der Waals surface area contributed by atoms with E-state index < -0.39 is 5.82 Å². The molecule has 0 radical (unpaired) electrons. The van der Waals surface area contributed by atoms with E-state index in [1.165, 1.54) is 13.2 Å². The SMILES string of the molecule is COc1cc(CN(C)C(CO)c2ccc(Cl)c(Cl)c2)ccc1F. The normalized spacial score (nSPS) is 12.5. The Bertz CT molecular complexity index is 682. The Morgan fingerprint density at radius 2 is 1.91 bits per heavy atom. The molecule has 0 aliphatic rings. The van der Waals surface area contributed by atoms with Gasteiger partial charge in [0.2, 0.25) is 0 Å². The maximum Gasteiger partial charge on any atom is 0.165 e. The quantitative estimate of drug-likeness (QED) is 0.836. The van der Waals surface area contributed by atoms with Crippen molar-refractivity contribution in [3.05, 3.63) is 63.4 Å². The average molecular weight is 358 g/mol. The molecule has 0 bridgehead atoms. The van der Waals surface area contributed by atoms with Gasteiger partial charge in [-0.25, -0.2) is 4.39 Å². The van der Waals surface area contributed by atoms with Crippen LogP contribution in [0.4, 0.5) is 4.39 Å². The van der Waals surface area contributed by atoms with E-state index in [-0.39, 0.29) is 18.4 Å². The van der Waals surface area contributed by atoms with Crippen LogP contribution in [-0.2, 0) is 6.54 Å². The summed E-state index contributed by atoms with van der Waals surface area (Å²) in [5, 5.41) is 10.6. The van der Waals surface area contributed by atoms with Crippen LogP contribution >= 0.6 is 23.2 Å². The lowest BCUT2D eigenvalue weighted by Crippen LogP contribution is -2.27. The molecular formula is C17H18Cl2FNO2. The van der Waals surface area contributed by atoms with Gasteiger partial charge >= 0.3 is 0 Å². The second kappa shape index (κ2) is 7.97. The molecule has 2 aromatic carbocycles. The zero-order valence-electron chi connectivity index (χ0n) is 12.9. The van der Waals surface area contributed by atoms with Gasteiger partial charge in [0.15, 0.2) is 11.6 Å². The molecule has 0 heterocycles. The Morgan fingerprint density at radius 1 is 1.17 bits per heavy atom. The molecular weight excluding hydrogens is 340 g/mol. The molecule has 2 aromatic rings. The monoisotopic (exact) mass is 357 g/mol. The van der Waals surface area contributed by atoms with E-state index in [1.807, 2.05) is 18.0 Å². The maximum atomic E-state index is 13.5. The Balaban J connectivity index is 2.19. The van der Waals surface area contributed by atoms with Gasteiger partial charge in [-0.2, -0.15) is 0 Å². The molecule has 3 nitrogen and oxygen atoms in total. The van der Waals surface area contributed by atoms with Gasteiger partial charge in [0, 0.05) is 6.54 Å². The fraction of sp³-hybridized carbons (Fsp3) is 0.294. The third-order valence-electron chi connectivity index (χ3n) is 3.68. The van der Waals surface area contributed by atoms with Crippen molar-refractivity contribution in [3.63, 3.8) is 0 Å².